The molecule has 7 heteroatoms. The Kier molecular flexibility index (Phi) is 6.01. The second-order valence-electron chi connectivity index (χ2n) is 5.00. The Balaban J connectivity index is 0.00000176. The summed E-state index contributed by atoms with van der Waals surface area (Å²) < 4.78 is 5.11. The Morgan fingerprint density at radius 1 is 1.41 bits per heavy atom. The minimum atomic E-state index is 0. The minimum Gasteiger partial charge on any atom is -0.497 e. The topological polar surface area (TPSA) is 72.5 Å². The molecule has 0 amide bonds. The van der Waals surface area contributed by atoms with Crippen molar-refractivity contribution in [3.05, 3.63) is 40.3 Å². The van der Waals surface area contributed by atoms with Crippen LogP contribution in [0.25, 0.3) is 0 Å². The number of nitrogens with one attached hydrogen (secondary N) is 1. The summed E-state index contributed by atoms with van der Waals surface area (Å²) >= 11 is 1.65. The molecule has 1 aromatic heterocycles. The molecule has 0 saturated heterocycles. The van der Waals surface area contributed by atoms with Gasteiger partial charge in [-0.25, -0.2) is 9.98 Å². The van der Waals surface area contributed by atoms with E-state index in [9.17, 15) is 0 Å². The molecule has 3 N–H and O–H groups in total. The van der Waals surface area contributed by atoms with Gasteiger partial charge in [0.05, 0.1) is 19.3 Å². The van der Waals surface area contributed by atoms with Crippen molar-refractivity contribution in [3.8, 4) is 5.75 Å². The van der Waals surface area contributed by atoms with Gasteiger partial charge in [-0.3, -0.25) is 0 Å². The molecule has 1 aromatic carbocycles. The molecule has 0 atom stereocenters. The van der Waals surface area contributed by atoms with E-state index in [1.165, 1.54) is 18.5 Å². The highest BCUT2D eigenvalue weighted by atomic mass is 127. The van der Waals surface area contributed by atoms with E-state index in [1.807, 2.05) is 24.3 Å². The van der Waals surface area contributed by atoms with Crippen LogP contribution in [0.5, 0.6) is 5.75 Å². The van der Waals surface area contributed by atoms with Gasteiger partial charge in [-0.15, -0.1) is 35.3 Å². The SMILES string of the molecule is COc1ccc(NC(N)=NCc2nc(C3CC3)cs2)cc1.I. The van der Waals surface area contributed by atoms with Gasteiger partial charge in [0.2, 0.25) is 0 Å². The largest absolute Gasteiger partial charge is 0.497 e. The van der Waals surface area contributed by atoms with Crippen LogP contribution in [-0.2, 0) is 6.54 Å². The van der Waals surface area contributed by atoms with E-state index in [0.717, 1.165) is 16.4 Å². The molecule has 118 valence electrons. The van der Waals surface area contributed by atoms with Crippen LogP contribution in [0.2, 0.25) is 0 Å². The van der Waals surface area contributed by atoms with Gasteiger partial charge < -0.3 is 15.8 Å². The number of nitrogens with two attached hydrogens (primary N) is 1. The lowest BCUT2D eigenvalue weighted by Crippen LogP contribution is -2.22. The summed E-state index contributed by atoms with van der Waals surface area (Å²) in [6.45, 7) is 0.520. The van der Waals surface area contributed by atoms with E-state index in [1.54, 1.807) is 18.4 Å². The number of rotatable bonds is 5. The van der Waals surface area contributed by atoms with Crippen LogP contribution >= 0.6 is 35.3 Å². The highest BCUT2D eigenvalue weighted by molar-refractivity contribution is 14.0. The van der Waals surface area contributed by atoms with Crippen molar-refractivity contribution in [1.82, 2.24) is 4.98 Å². The fourth-order valence-electron chi connectivity index (χ4n) is 1.98. The molecule has 5 nitrogen and oxygen atoms in total. The monoisotopic (exact) mass is 430 g/mol. The van der Waals surface area contributed by atoms with Crippen molar-refractivity contribution in [2.75, 3.05) is 12.4 Å². The highest BCUT2D eigenvalue weighted by Crippen LogP contribution is 2.40. The zero-order valence-electron chi connectivity index (χ0n) is 12.3. The second-order valence-corrected chi connectivity index (χ2v) is 5.94. The van der Waals surface area contributed by atoms with Gasteiger partial charge in [0.1, 0.15) is 10.8 Å². The van der Waals surface area contributed by atoms with Gasteiger partial charge in [-0.05, 0) is 37.1 Å². The van der Waals surface area contributed by atoms with Crippen LogP contribution in [0.4, 0.5) is 5.69 Å². The first-order valence-electron chi connectivity index (χ1n) is 6.90. The third kappa shape index (κ3) is 4.57. The number of anilines is 1. The maximum atomic E-state index is 5.89. The van der Waals surface area contributed by atoms with Gasteiger partial charge in [-0.2, -0.15) is 0 Å². The first kappa shape index (κ1) is 17.0. The molecule has 0 radical (unpaired) electrons. The van der Waals surface area contributed by atoms with Gasteiger partial charge in [0.15, 0.2) is 5.96 Å². The quantitative estimate of drug-likeness (QED) is 0.432. The number of thiazole rings is 1. The van der Waals surface area contributed by atoms with Crippen LogP contribution in [0, 0.1) is 0 Å². The number of aliphatic imine (C=N–C) groups is 1. The minimum absolute atomic E-state index is 0. The van der Waals surface area contributed by atoms with Crippen molar-refractivity contribution in [3.63, 3.8) is 0 Å². The second kappa shape index (κ2) is 7.77. The molecule has 0 bridgehead atoms. The molecular weight excluding hydrogens is 411 g/mol. The smallest absolute Gasteiger partial charge is 0.193 e. The number of methoxy groups -OCH3 is 1. The maximum Gasteiger partial charge on any atom is 0.193 e. The summed E-state index contributed by atoms with van der Waals surface area (Å²) in [7, 11) is 1.64. The van der Waals surface area contributed by atoms with Crippen LogP contribution in [-0.4, -0.2) is 18.1 Å². The van der Waals surface area contributed by atoms with E-state index in [-0.39, 0.29) is 24.0 Å². The van der Waals surface area contributed by atoms with Crippen molar-refractivity contribution in [2.24, 2.45) is 10.7 Å². The lowest BCUT2D eigenvalue weighted by Gasteiger charge is -2.06. The summed E-state index contributed by atoms with van der Waals surface area (Å²) in [5.74, 6) is 1.89. The van der Waals surface area contributed by atoms with Crippen molar-refractivity contribution in [1.29, 1.82) is 0 Å². The van der Waals surface area contributed by atoms with E-state index >= 15 is 0 Å². The Morgan fingerprint density at radius 2 is 2.14 bits per heavy atom. The molecule has 1 aliphatic rings. The molecule has 2 aromatic rings. The normalized spacial score (nSPS) is 14.3. The Hall–Kier alpha value is -1.35. The van der Waals surface area contributed by atoms with Gasteiger partial charge >= 0.3 is 0 Å². The zero-order chi connectivity index (χ0) is 14.7. The molecule has 3 rings (SSSR count). The fourth-order valence-corrected chi connectivity index (χ4v) is 2.78. The molecule has 0 spiro atoms. The van der Waals surface area contributed by atoms with Crippen LogP contribution in [0.3, 0.4) is 0 Å². The van der Waals surface area contributed by atoms with Crippen LogP contribution in [0.1, 0.15) is 29.5 Å². The fraction of sp³-hybridized carbons (Fsp3) is 0.333. The predicted molar refractivity (Wildman–Crippen MR) is 101 cm³/mol. The summed E-state index contributed by atoms with van der Waals surface area (Å²) in [5, 5.41) is 6.20. The molecule has 22 heavy (non-hydrogen) atoms. The number of ether oxygens (including phenoxy) is 1. The van der Waals surface area contributed by atoms with E-state index in [2.05, 4.69) is 20.7 Å². The highest BCUT2D eigenvalue weighted by Gasteiger charge is 2.25. The number of nitrogens with zero attached hydrogens (tertiary/aromatic N) is 2. The molecule has 0 unspecified atom stereocenters. The number of benzene rings is 1. The van der Waals surface area contributed by atoms with Gasteiger partial charge in [-0.1, -0.05) is 0 Å². The van der Waals surface area contributed by atoms with E-state index < -0.39 is 0 Å². The van der Waals surface area contributed by atoms with E-state index in [0.29, 0.717) is 18.4 Å². The number of hydrogen-bond acceptors (Lipinski definition) is 4. The standard InChI is InChI=1S/C15H18N4OS.HI/c1-20-12-6-4-11(5-7-12)18-15(16)17-8-14-19-13(9-21-14)10-2-3-10;/h4-7,9-10H,2-3,8H2,1H3,(H3,16,17,18);1H. The van der Waals surface area contributed by atoms with Crippen molar-refractivity contribution >= 4 is 47.0 Å². The zero-order valence-corrected chi connectivity index (χ0v) is 15.4. The molecule has 1 saturated carbocycles. The lowest BCUT2D eigenvalue weighted by molar-refractivity contribution is 0.415. The van der Waals surface area contributed by atoms with Gasteiger partial charge in [0, 0.05) is 17.0 Å². The molecule has 1 fully saturated rings. The molecule has 1 heterocycles. The number of hydrogen-bond donors (Lipinski definition) is 2. The van der Waals surface area contributed by atoms with Crippen molar-refractivity contribution < 1.29 is 4.74 Å². The van der Waals surface area contributed by atoms with E-state index in [4.69, 9.17) is 10.5 Å². The molecular formula is C15H19IN4OS. The lowest BCUT2D eigenvalue weighted by atomic mass is 10.3. The maximum absolute atomic E-state index is 5.89. The summed E-state index contributed by atoms with van der Waals surface area (Å²) in [6, 6.07) is 7.54. The third-order valence-corrected chi connectivity index (χ3v) is 4.16. The number of aromatic nitrogens is 1. The third-order valence-electron chi connectivity index (χ3n) is 3.31. The first-order chi connectivity index (χ1) is 10.2. The van der Waals surface area contributed by atoms with Crippen LogP contribution < -0.4 is 15.8 Å². The molecule has 1 aliphatic carbocycles. The average Bonchev–Trinajstić information content (AvgIpc) is 3.25. The summed E-state index contributed by atoms with van der Waals surface area (Å²) in [5.41, 5.74) is 7.99. The Morgan fingerprint density at radius 3 is 2.77 bits per heavy atom. The summed E-state index contributed by atoms with van der Waals surface area (Å²) in [4.78, 5) is 8.91. The first-order valence-corrected chi connectivity index (χ1v) is 7.78. The molecule has 0 aliphatic heterocycles. The average molecular weight is 430 g/mol. The predicted octanol–water partition coefficient (Wildman–Crippen LogP) is 3.57. The Labute approximate surface area is 151 Å². The van der Waals surface area contributed by atoms with Crippen LogP contribution in [0.15, 0.2) is 34.6 Å². The number of guanidine groups is 1. The number of halogens is 1. The van der Waals surface area contributed by atoms with Crippen molar-refractivity contribution in [2.45, 2.75) is 25.3 Å². The Bertz CT molecular complexity index is 637. The summed E-state index contributed by atoms with van der Waals surface area (Å²) in [6.07, 6.45) is 2.54. The van der Waals surface area contributed by atoms with Gasteiger partial charge in [0.25, 0.3) is 0 Å².